The van der Waals surface area contributed by atoms with Crippen LogP contribution in [0, 0.1) is 23.0 Å². The van der Waals surface area contributed by atoms with Crippen molar-refractivity contribution in [3.8, 4) is 5.75 Å². The van der Waals surface area contributed by atoms with Gasteiger partial charge in [0, 0.05) is 30.6 Å². The van der Waals surface area contributed by atoms with Crippen molar-refractivity contribution in [3.05, 3.63) is 32.8 Å². The molecule has 138 valence electrons. The Morgan fingerprint density at radius 2 is 2.12 bits per heavy atom. The Morgan fingerprint density at radius 3 is 2.72 bits per heavy atom. The molecular formula is C17H23ClN2O5. The molecule has 1 aromatic rings. The number of carbonyl (C=O) groups excluding carboxylic acids is 1. The molecule has 0 aliphatic carbocycles. The Morgan fingerprint density at radius 1 is 1.44 bits per heavy atom. The molecule has 0 aromatic heterocycles. The zero-order chi connectivity index (χ0) is 18.8. The van der Waals surface area contributed by atoms with Crippen molar-refractivity contribution in [2.24, 2.45) is 5.92 Å². The molecule has 1 aliphatic rings. The summed E-state index contributed by atoms with van der Waals surface area (Å²) < 4.78 is 11.1. The molecule has 2 rings (SSSR count). The molecule has 1 amide bonds. The lowest BCUT2D eigenvalue weighted by molar-refractivity contribution is -0.384. The van der Waals surface area contributed by atoms with Crippen molar-refractivity contribution in [1.29, 1.82) is 0 Å². The summed E-state index contributed by atoms with van der Waals surface area (Å²) in [5, 5.41) is 11.2. The van der Waals surface area contributed by atoms with E-state index in [4.69, 9.17) is 21.1 Å². The van der Waals surface area contributed by atoms with Crippen LogP contribution in [-0.2, 0) is 4.74 Å². The first-order chi connectivity index (χ1) is 11.6. The number of non-ortho nitro benzene ring substituents is 1. The zero-order valence-electron chi connectivity index (χ0n) is 14.9. The number of ether oxygens (including phenoxy) is 2. The summed E-state index contributed by atoms with van der Waals surface area (Å²) in [6.07, 6.45) is 0.464. The standard InChI is InChI=1S/C17H23ClN2O5/c1-11-14(18)7-13(20(22)23)8-15(11)24-10-12-5-6-19(9-12)16(21)25-17(2,3)4/h7-8,12H,5-6,9-10H2,1-4H3. The molecule has 0 spiro atoms. The molecule has 1 aliphatic heterocycles. The molecule has 0 bridgehead atoms. The molecule has 25 heavy (non-hydrogen) atoms. The minimum Gasteiger partial charge on any atom is -0.493 e. The number of nitro groups is 1. The summed E-state index contributed by atoms with van der Waals surface area (Å²) in [4.78, 5) is 24.2. The highest BCUT2D eigenvalue weighted by Gasteiger charge is 2.30. The van der Waals surface area contributed by atoms with Crippen LogP contribution in [0.3, 0.4) is 0 Å². The lowest BCUT2D eigenvalue weighted by Gasteiger charge is -2.24. The van der Waals surface area contributed by atoms with Gasteiger partial charge in [0.25, 0.3) is 5.69 Å². The number of benzene rings is 1. The van der Waals surface area contributed by atoms with Crippen LogP contribution in [0.5, 0.6) is 5.75 Å². The fraction of sp³-hybridized carbons (Fsp3) is 0.588. The molecule has 1 fully saturated rings. The maximum atomic E-state index is 12.1. The van der Waals surface area contributed by atoms with Gasteiger partial charge in [0.1, 0.15) is 11.4 Å². The van der Waals surface area contributed by atoms with Crippen molar-refractivity contribution in [3.63, 3.8) is 0 Å². The number of rotatable bonds is 4. The summed E-state index contributed by atoms with van der Waals surface area (Å²) >= 11 is 6.03. The van der Waals surface area contributed by atoms with E-state index in [9.17, 15) is 14.9 Å². The predicted molar refractivity (Wildman–Crippen MR) is 94.3 cm³/mol. The second kappa shape index (κ2) is 7.47. The monoisotopic (exact) mass is 370 g/mol. The van der Waals surface area contributed by atoms with Gasteiger partial charge in [-0.1, -0.05) is 11.6 Å². The van der Waals surface area contributed by atoms with Gasteiger partial charge in [-0.3, -0.25) is 10.1 Å². The first kappa shape index (κ1) is 19.3. The maximum absolute atomic E-state index is 12.1. The van der Waals surface area contributed by atoms with Gasteiger partial charge in [-0.2, -0.15) is 0 Å². The number of nitrogens with zero attached hydrogens (tertiary/aromatic N) is 2. The molecule has 0 N–H and O–H groups in total. The number of halogens is 1. The topological polar surface area (TPSA) is 81.9 Å². The first-order valence-corrected chi connectivity index (χ1v) is 8.50. The SMILES string of the molecule is Cc1c(Cl)cc([N+](=O)[O-])cc1OCC1CCN(C(=O)OC(C)(C)C)C1. The van der Waals surface area contributed by atoms with E-state index in [0.717, 1.165) is 6.42 Å². The fourth-order valence-electron chi connectivity index (χ4n) is 2.56. The zero-order valence-corrected chi connectivity index (χ0v) is 15.6. The summed E-state index contributed by atoms with van der Waals surface area (Å²) in [5.74, 6) is 0.542. The van der Waals surface area contributed by atoms with Gasteiger partial charge < -0.3 is 14.4 Å². The smallest absolute Gasteiger partial charge is 0.410 e. The number of hydrogen-bond donors (Lipinski definition) is 0. The highest BCUT2D eigenvalue weighted by Crippen LogP contribution is 2.32. The summed E-state index contributed by atoms with van der Waals surface area (Å²) in [7, 11) is 0. The van der Waals surface area contributed by atoms with E-state index in [-0.39, 0.29) is 17.7 Å². The van der Waals surface area contributed by atoms with Gasteiger partial charge in [-0.25, -0.2) is 4.79 Å². The minimum atomic E-state index is -0.525. The van der Waals surface area contributed by atoms with E-state index in [1.165, 1.54) is 12.1 Å². The average Bonchev–Trinajstić information content (AvgIpc) is 2.95. The van der Waals surface area contributed by atoms with Crippen LogP contribution >= 0.6 is 11.6 Å². The molecule has 0 saturated carbocycles. The van der Waals surface area contributed by atoms with Crippen molar-refractivity contribution >= 4 is 23.4 Å². The predicted octanol–water partition coefficient (Wildman–Crippen LogP) is 4.19. The third-order valence-electron chi connectivity index (χ3n) is 3.90. The molecule has 1 saturated heterocycles. The van der Waals surface area contributed by atoms with Crippen LogP contribution in [-0.4, -0.2) is 41.2 Å². The summed E-state index contributed by atoms with van der Waals surface area (Å²) in [6.45, 7) is 8.75. The van der Waals surface area contributed by atoms with Gasteiger partial charge in [-0.05, 0) is 34.1 Å². The third-order valence-corrected chi connectivity index (χ3v) is 4.30. The number of nitro benzene ring substituents is 1. The van der Waals surface area contributed by atoms with Crippen LogP contribution in [0.2, 0.25) is 5.02 Å². The molecule has 1 aromatic carbocycles. The van der Waals surface area contributed by atoms with Gasteiger partial charge in [0.05, 0.1) is 22.6 Å². The van der Waals surface area contributed by atoms with E-state index in [1.807, 2.05) is 20.8 Å². The molecule has 8 heteroatoms. The lowest BCUT2D eigenvalue weighted by Crippen LogP contribution is -2.35. The Labute approximate surface area is 152 Å². The third kappa shape index (κ3) is 5.22. The van der Waals surface area contributed by atoms with E-state index < -0.39 is 10.5 Å². The molecule has 1 atom stereocenters. The van der Waals surface area contributed by atoms with E-state index in [0.29, 0.717) is 36.0 Å². The first-order valence-electron chi connectivity index (χ1n) is 8.12. The molecule has 0 radical (unpaired) electrons. The molecular weight excluding hydrogens is 348 g/mol. The quantitative estimate of drug-likeness (QED) is 0.586. The molecule has 7 nitrogen and oxygen atoms in total. The summed E-state index contributed by atoms with van der Waals surface area (Å²) in [5.41, 5.74) is 0.0318. The van der Waals surface area contributed by atoms with Crippen LogP contribution in [0.15, 0.2) is 12.1 Å². The molecule has 1 unspecified atom stereocenters. The Hall–Kier alpha value is -2.02. The van der Waals surface area contributed by atoms with Crippen LogP contribution in [0.1, 0.15) is 32.8 Å². The van der Waals surface area contributed by atoms with E-state index in [1.54, 1.807) is 11.8 Å². The van der Waals surface area contributed by atoms with Crippen LogP contribution < -0.4 is 4.74 Å². The largest absolute Gasteiger partial charge is 0.493 e. The number of amides is 1. The van der Waals surface area contributed by atoms with Gasteiger partial charge in [0.2, 0.25) is 0 Å². The van der Waals surface area contributed by atoms with Gasteiger partial charge in [0.15, 0.2) is 0 Å². The van der Waals surface area contributed by atoms with Crippen molar-refractivity contribution in [2.75, 3.05) is 19.7 Å². The Balaban J connectivity index is 1.95. The normalized spacial score (nSPS) is 17.5. The Kier molecular flexibility index (Phi) is 5.77. The minimum absolute atomic E-state index is 0.104. The van der Waals surface area contributed by atoms with Crippen molar-refractivity contribution < 1.29 is 19.2 Å². The second-order valence-corrected chi connectivity index (χ2v) is 7.61. The maximum Gasteiger partial charge on any atom is 0.410 e. The van der Waals surface area contributed by atoms with Crippen LogP contribution in [0.4, 0.5) is 10.5 Å². The molecule has 1 heterocycles. The van der Waals surface area contributed by atoms with Crippen LogP contribution in [0.25, 0.3) is 0 Å². The average molecular weight is 371 g/mol. The van der Waals surface area contributed by atoms with E-state index in [2.05, 4.69) is 0 Å². The highest BCUT2D eigenvalue weighted by molar-refractivity contribution is 6.31. The van der Waals surface area contributed by atoms with Gasteiger partial charge >= 0.3 is 6.09 Å². The summed E-state index contributed by atoms with van der Waals surface area (Å²) in [6, 6.07) is 2.69. The Bertz CT molecular complexity index is 672. The van der Waals surface area contributed by atoms with Gasteiger partial charge in [-0.15, -0.1) is 0 Å². The second-order valence-electron chi connectivity index (χ2n) is 7.20. The van der Waals surface area contributed by atoms with Crippen molar-refractivity contribution in [2.45, 2.75) is 39.7 Å². The number of likely N-dealkylation sites (tertiary alicyclic amines) is 1. The van der Waals surface area contributed by atoms with E-state index >= 15 is 0 Å². The lowest BCUT2D eigenvalue weighted by atomic mass is 10.1. The van der Waals surface area contributed by atoms with Crippen molar-refractivity contribution in [1.82, 2.24) is 4.90 Å². The number of hydrogen-bond acceptors (Lipinski definition) is 5. The fourth-order valence-corrected chi connectivity index (χ4v) is 2.77. The highest BCUT2D eigenvalue weighted by atomic mass is 35.5. The number of carbonyl (C=O) groups is 1.